The number of H-pyrrole nitrogens is 1. The van der Waals surface area contributed by atoms with Crippen molar-refractivity contribution in [3.8, 4) is 0 Å². The molecule has 0 atom stereocenters. The molecule has 1 aliphatic rings. The molecule has 0 fully saturated rings. The van der Waals surface area contributed by atoms with Gasteiger partial charge in [0.05, 0.1) is 16.9 Å². The van der Waals surface area contributed by atoms with E-state index < -0.39 is 0 Å². The third kappa shape index (κ3) is 1.95. The minimum absolute atomic E-state index is 0.0512. The van der Waals surface area contributed by atoms with Gasteiger partial charge in [-0.1, -0.05) is 0 Å². The van der Waals surface area contributed by atoms with Crippen molar-refractivity contribution in [1.82, 2.24) is 4.98 Å². The lowest BCUT2D eigenvalue weighted by atomic mass is 10.1. The highest BCUT2D eigenvalue weighted by molar-refractivity contribution is 6.09. The standard InChI is InChI=1S/C15H16FN3O/c1-10-12(5-6-17-10)15(20)19-8-7-18(2)14-9-11(16)3-4-13(14)19/h3-6,9,17H,7-8H2,1-2H3. The van der Waals surface area contributed by atoms with E-state index in [-0.39, 0.29) is 11.7 Å². The SMILES string of the molecule is Cc1[nH]ccc1C(=O)N1CCN(C)c2cc(F)ccc21. The maximum atomic E-state index is 13.4. The van der Waals surface area contributed by atoms with Gasteiger partial charge in [-0.05, 0) is 31.2 Å². The molecule has 1 aliphatic heterocycles. The Hall–Kier alpha value is -2.30. The summed E-state index contributed by atoms with van der Waals surface area (Å²) in [6.07, 6.45) is 1.75. The zero-order chi connectivity index (χ0) is 14.3. The van der Waals surface area contributed by atoms with Crippen LogP contribution in [0.1, 0.15) is 16.1 Å². The van der Waals surface area contributed by atoms with E-state index in [9.17, 15) is 9.18 Å². The number of aromatic nitrogens is 1. The minimum atomic E-state index is -0.289. The molecule has 5 heteroatoms. The number of carbonyl (C=O) groups excluding carboxylic acids is 1. The molecule has 0 bridgehead atoms. The Labute approximate surface area is 116 Å². The molecule has 104 valence electrons. The van der Waals surface area contributed by atoms with Crippen LogP contribution in [-0.4, -0.2) is 31.0 Å². The number of aromatic amines is 1. The summed E-state index contributed by atoms with van der Waals surface area (Å²) in [5.41, 5.74) is 3.01. The number of anilines is 2. The third-order valence-electron chi connectivity index (χ3n) is 3.73. The number of nitrogens with zero attached hydrogens (tertiary/aromatic N) is 2. The number of nitrogens with one attached hydrogen (secondary N) is 1. The Kier molecular flexibility index (Phi) is 2.97. The number of likely N-dealkylation sites (N-methyl/N-ethyl adjacent to an activating group) is 1. The summed E-state index contributed by atoms with van der Waals surface area (Å²) in [5, 5.41) is 0. The number of carbonyl (C=O) groups is 1. The lowest BCUT2D eigenvalue weighted by Gasteiger charge is -2.35. The Morgan fingerprint density at radius 3 is 2.75 bits per heavy atom. The van der Waals surface area contributed by atoms with Crippen molar-refractivity contribution < 1.29 is 9.18 Å². The molecule has 1 amide bonds. The molecule has 20 heavy (non-hydrogen) atoms. The number of rotatable bonds is 1. The molecule has 2 heterocycles. The maximum Gasteiger partial charge on any atom is 0.260 e. The molecule has 0 saturated carbocycles. The second-order valence-corrected chi connectivity index (χ2v) is 5.03. The monoisotopic (exact) mass is 273 g/mol. The summed E-state index contributed by atoms with van der Waals surface area (Å²) >= 11 is 0. The van der Waals surface area contributed by atoms with E-state index in [0.717, 1.165) is 17.1 Å². The first-order valence-corrected chi connectivity index (χ1v) is 6.54. The molecule has 3 rings (SSSR count). The highest BCUT2D eigenvalue weighted by atomic mass is 19.1. The fraction of sp³-hybridized carbons (Fsp3) is 0.267. The van der Waals surface area contributed by atoms with E-state index in [1.165, 1.54) is 12.1 Å². The zero-order valence-corrected chi connectivity index (χ0v) is 11.5. The second-order valence-electron chi connectivity index (χ2n) is 5.03. The van der Waals surface area contributed by atoms with E-state index in [1.807, 2.05) is 18.9 Å². The van der Waals surface area contributed by atoms with Gasteiger partial charge in [-0.2, -0.15) is 0 Å². The summed E-state index contributed by atoms with van der Waals surface area (Å²) in [4.78, 5) is 19.3. The predicted octanol–water partition coefficient (Wildman–Crippen LogP) is 2.56. The number of benzene rings is 1. The molecule has 1 aromatic heterocycles. The highest BCUT2D eigenvalue weighted by Crippen LogP contribution is 2.33. The van der Waals surface area contributed by atoms with Crippen molar-refractivity contribution in [2.24, 2.45) is 0 Å². The van der Waals surface area contributed by atoms with E-state index in [0.29, 0.717) is 18.7 Å². The topological polar surface area (TPSA) is 39.3 Å². The van der Waals surface area contributed by atoms with Crippen molar-refractivity contribution in [1.29, 1.82) is 0 Å². The molecule has 0 spiro atoms. The van der Waals surface area contributed by atoms with Crippen LogP contribution in [0.5, 0.6) is 0 Å². The Bertz CT molecular complexity index is 665. The van der Waals surface area contributed by atoms with Gasteiger partial charge in [0.25, 0.3) is 5.91 Å². The Morgan fingerprint density at radius 1 is 1.25 bits per heavy atom. The minimum Gasteiger partial charge on any atom is -0.371 e. The van der Waals surface area contributed by atoms with Gasteiger partial charge in [0.15, 0.2) is 0 Å². The Morgan fingerprint density at radius 2 is 2.05 bits per heavy atom. The summed E-state index contributed by atoms with van der Waals surface area (Å²) < 4.78 is 13.4. The molecule has 1 N–H and O–H groups in total. The Balaban J connectivity index is 2.03. The van der Waals surface area contributed by atoms with Crippen molar-refractivity contribution >= 4 is 17.3 Å². The summed E-state index contributed by atoms with van der Waals surface area (Å²) in [6, 6.07) is 6.31. The van der Waals surface area contributed by atoms with E-state index in [2.05, 4.69) is 4.98 Å². The van der Waals surface area contributed by atoms with Gasteiger partial charge in [-0.25, -0.2) is 4.39 Å². The number of amides is 1. The predicted molar refractivity (Wildman–Crippen MR) is 76.9 cm³/mol. The average Bonchev–Trinajstić information content (AvgIpc) is 2.85. The fourth-order valence-electron chi connectivity index (χ4n) is 2.56. The molecule has 1 aromatic carbocycles. The average molecular weight is 273 g/mol. The lowest BCUT2D eigenvalue weighted by Crippen LogP contribution is -2.42. The van der Waals surface area contributed by atoms with Gasteiger partial charge in [-0.3, -0.25) is 4.79 Å². The van der Waals surface area contributed by atoms with Crippen LogP contribution in [0.3, 0.4) is 0 Å². The zero-order valence-electron chi connectivity index (χ0n) is 11.5. The number of hydrogen-bond acceptors (Lipinski definition) is 2. The van der Waals surface area contributed by atoms with Crippen LogP contribution in [0.15, 0.2) is 30.5 Å². The number of hydrogen-bond donors (Lipinski definition) is 1. The third-order valence-corrected chi connectivity index (χ3v) is 3.73. The van der Waals surface area contributed by atoms with Crippen LogP contribution in [0.25, 0.3) is 0 Å². The van der Waals surface area contributed by atoms with Gasteiger partial charge in [0.2, 0.25) is 0 Å². The quantitative estimate of drug-likeness (QED) is 0.867. The molecule has 0 aliphatic carbocycles. The van der Waals surface area contributed by atoms with E-state index in [4.69, 9.17) is 0 Å². The van der Waals surface area contributed by atoms with Gasteiger partial charge < -0.3 is 14.8 Å². The second kappa shape index (κ2) is 4.67. The van der Waals surface area contributed by atoms with Gasteiger partial charge in [0, 0.05) is 32.0 Å². The van der Waals surface area contributed by atoms with E-state index >= 15 is 0 Å². The normalized spacial score (nSPS) is 14.3. The molecule has 2 aromatic rings. The summed E-state index contributed by atoms with van der Waals surface area (Å²) in [6.45, 7) is 3.15. The fourth-order valence-corrected chi connectivity index (χ4v) is 2.56. The van der Waals surface area contributed by atoms with Crippen LogP contribution in [-0.2, 0) is 0 Å². The number of halogens is 1. The maximum absolute atomic E-state index is 13.4. The van der Waals surface area contributed by atoms with Crippen molar-refractivity contribution in [3.63, 3.8) is 0 Å². The number of aryl methyl sites for hydroxylation is 1. The summed E-state index contributed by atoms with van der Waals surface area (Å²) in [5.74, 6) is -0.340. The van der Waals surface area contributed by atoms with Gasteiger partial charge in [-0.15, -0.1) is 0 Å². The lowest BCUT2D eigenvalue weighted by molar-refractivity contribution is 0.0986. The molecule has 0 radical (unpaired) electrons. The van der Waals surface area contributed by atoms with Crippen LogP contribution in [0.4, 0.5) is 15.8 Å². The largest absolute Gasteiger partial charge is 0.371 e. The van der Waals surface area contributed by atoms with Crippen LogP contribution in [0, 0.1) is 12.7 Å². The summed E-state index contributed by atoms with van der Waals surface area (Å²) in [7, 11) is 1.90. The molecule has 0 unspecified atom stereocenters. The van der Waals surface area contributed by atoms with Crippen LogP contribution < -0.4 is 9.80 Å². The van der Waals surface area contributed by atoms with E-state index in [1.54, 1.807) is 23.2 Å². The first-order valence-electron chi connectivity index (χ1n) is 6.54. The first kappa shape index (κ1) is 12.7. The van der Waals surface area contributed by atoms with Gasteiger partial charge >= 0.3 is 0 Å². The highest BCUT2D eigenvalue weighted by Gasteiger charge is 2.27. The smallest absolute Gasteiger partial charge is 0.260 e. The van der Waals surface area contributed by atoms with Crippen LogP contribution >= 0.6 is 0 Å². The first-order chi connectivity index (χ1) is 9.58. The van der Waals surface area contributed by atoms with Crippen molar-refractivity contribution in [2.75, 3.05) is 29.9 Å². The van der Waals surface area contributed by atoms with Gasteiger partial charge in [0.1, 0.15) is 5.82 Å². The molecular weight excluding hydrogens is 257 g/mol. The van der Waals surface area contributed by atoms with Crippen molar-refractivity contribution in [2.45, 2.75) is 6.92 Å². The van der Waals surface area contributed by atoms with Crippen molar-refractivity contribution in [3.05, 3.63) is 47.5 Å². The molecule has 4 nitrogen and oxygen atoms in total. The molecular formula is C15H16FN3O. The van der Waals surface area contributed by atoms with Crippen LogP contribution in [0.2, 0.25) is 0 Å². The number of fused-ring (bicyclic) bond motifs is 1. The molecule has 0 saturated heterocycles.